The number of hydrogen-bond donors (Lipinski definition) is 0. The van der Waals surface area contributed by atoms with E-state index < -0.39 is 11.6 Å². The van der Waals surface area contributed by atoms with Crippen LogP contribution in [0.5, 0.6) is 0 Å². The summed E-state index contributed by atoms with van der Waals surface area (Å²) in [4.78, 5) is 0. The largest absolute Gasteiger partial charge is 0.307 e. The number of rotatable bonds is 2. The van der Waals surface area contributed by atoms with Crippen molar-refractivity contribution in [1.29, 1.82) is 10.5 Å². The molecule has 0 spiro atoms. The molecule has 5 aromatic carbocycles. The predicted molar refractivity (Wildman–Crippen MR) is 144 cm³/mol. The Labute approximate surface area is 215 Å². The van der Waals surface area contributed by atoms with Gasteiger partial charge in [-0.3, -0.25) is 0 Å². The van der Waals surface area contributed by atoms with Crippen LogP contribution in [-0.2, 0) is 0 Å². The number of benzene rings is 5. The molecule has 0 aliphatic carbocycles. The zero-order chi connectivity index (χ0) is 26.0. The minimum absolute atomic E-state index is 0.120. The Balaban J connectivity index is 1.74. The summed E-state index contributed by atoms with van der Waals surface area (Å²) in [5.41, 5.74) is 4.70. The molecule has 7 aromatic rings. The van der Waals surface area contributed by atoms with Gasteiger partial charge >= 0.3 is 0 Å². The first kappa shape index (κ1) is 21.8. The summed E-state index contributed by atoms with van der Waals surface area (Å²) >= 11 is 0. The lowest BCUT2D eigenvalue weighted by atomic mass is 10.1. The predicted octanol–water partition coefficient (Wildman–Crippen LogP) is 7.90. The van der Waals surface area contributed by atoms with Gasteiger partial charge in [0.1, 0.15) is 17.7 Å². The van der Waals surface area contributed by atoms with Gasteiger partial charge in [-0.15, -0.1) is 0 Å². The maximum absolute atomic E-state index is 15.1. The number of nitrogens with zero attached hydrogens (tertiary/aromatic N) is 4. The molecule has 6 heteroatoms. The van der Waals surface area contributed by atoms with E-state index in [9.17, 15) is 14.9 Å². The zero-order valence-electron chi connectivity index (χ0n) is 19.8. The molecule has 0 N–H and O–H groups in total. The highest BCUT2D eigenvalue weighted by molar-refractivity contribution is 6.26. The normalized spacial score (nSPS) is 11.4. The first-order valence-electron chi connectivity index (χ1n) is 12.0. The first-order chi connectivity index (χ1) is 18.6. The van der Waals surface area contributed by atoms with E-state index in [1.807, 2.05) is 65.2 Å². The van der Waals surface area contributed by atoms with Crippen LogP contribution in [0.15, 0.2) is 97.1 Å². The third kappa shape index (κ3) is 2.92. The van der Waals surface area contributed by atoms with Crippen molar-refractivity contribution in [3.8, 4) is 23.5 Å². The van der Waals surface area contributed by atoms with Crippen molar-refractivity contribution in [2.75, 3.05) is 0 Å². The molecular weight excluding hydrogens is 478 g/mol. The van der Waals surface area contributed by atoms with E-state index >= 15 is 4.39 Å². The summed E-state index contributed by atoms with van der Waals surface area (Å²) in [5, 5.41) is 23.1. The Morgan fingerprint density at radius 3 is 2.08 bits per heavy atom. The van der Waals surface area contributed by atoms with E-state index in [4.69, 9.17) is 0 Å². The molecular formula is C32H16F2N4. The van der Waals surface area contributed by atoms with Gasteiger partial charge in [-0.25, -0.2) is 8.78 Å². The summed E-state index contributed by atoms with van der Waals surface area (Å²) in [6, 6.07) is 32.4. The topological polar surface area (TPSA) is 57.4 Å². The van der Waals surface area contributed by atoms with Gasteiger partial charge in [0, 0.05) is 27.6 Å². The molecule has 178 valence electrons. The van der Waals surface area contributed by atoms with Crippen LogP contribution >= 0.6 is 0 Å². The van der Waals surface area contributed by atoms with Gasteiger partial charge in [-0.1, -0.05) is 42.5 Å². The van der Waals surface area contributed by atoms with E-state index in [0.29, 0.717) is 22.3 Å². The van der Waals surface area contributed by atoms with Gasteiger partial charge in [0.15, 0.2) is 0 Å². The van der Waals surface area contributed by atoms with Crippen LogP contribution in [0.2, 0.25) is 0 Å². The van der Waals surface area contributed by atoms with Gasteiger partial charge in [-0.2, -0.15) is 10.5 Å². The average molecular weight is 495 g/mol. The summed E-state index contributed by atoms with van der Waals surface area (Å²) in [5.74, 6) is -1.06. The molecule has 2 heterocycles. The quantitative estimate of drug-likeness (QED) is 0.245. The van der Waals surface area contributed by atoms with Crippen molar-refractivity contribution in [2.45, 2.75) is 0 Å². The van der Waals surface area contributed by atoms with Gasteiger partial charge in [-0.05, 0) is 48.5 Å². The van der Waals surface area contributed by atoms with Gasteiger partial charge in [0.2, 0.25) is 0 Å². The molecule has 0 amide bonds. The molecule has 0 radical (unpaired) electrons. The van der Waals surface area contributed by atoms with Crippen molar-refractivity contribution in [3.63, 3.8) is 0 Å². The number of aromatic nitrogens is 2. The van der Waals surface area contributed by atoms with Crippen LogP contribution in [0.3, 0.4) is 0 Å². The summed E-state index contributed by atoms with van der Waals surface area (Å²) in [6.07, 6.45) is 0. The molecule has 0 unspecified atom stereocenters. The smallest absolute Gasteiger partial charge is 0.147 e. The van der Waals surface area contributed by atoms with Crippen molar-refractivity contribution in [2.24, 2.45) is 0 Å². The molecule has 38 heavy (non-hydrogen) atoms. The third-order valence-corrected chi connectivity index (χ3v) is 7.11. The van der Waals surface area contributed by atoms with Gasteiger partial charge in [0.25, 0.3) is 0 Å². The second-order valence-electron chi connectivity index (χ2n) is 9.11. The van der Waals surface area contributed by atoms with Crippen LogP contribution in [0.25, 0.3) is 55.0 Å². The fraction of sp³-hybridized carbons (Fsp3) is 0. The van der Waals surface area contributed by atoms with Gasteiger partial charge < -0.3 is 9.13 Å². The summed E-state index contributed by atoms with van der Waals surface area (Å²) in [7, 11) is 0. The molecule has 2 aromatic heterocycles. The van der Waals surface area contributed by atoms with E-state index in [-0.39, 0.29) is 5.69 Å². The fourth-order valence-corrected chi connectivity index (χ4v) is 5.57. The highest BCUT2D eigenvalue weighted by Gasteiger charge is 2.22. The molecule has 4 nitrogen and oxygen atoms in total. The van der Waals surface area contributed by atoms with E-state index in [1.54, 1.807) is 22.8 Å². The minimum Gasteiger partial charge on any atom is -0.307 e. The molecule has 0 aliphatic heterocycles. The van der Waals surface area contributed by atoms with E-state index in [1.165, 1.54) is 6.07 Å². The van der Waals surface area contributed by atoms with Crippen LogP contribution in [0.4, 0.5) is 8.78 Å². The van der Waals surface area contributed by atoms with E-state index in [2.05, 4.69) is 12.1 Å². The molecule has 0 saturated carbocycles. The summed E-state index contributed by atoms with van der Waals surface area (Å²) in [6.45, 7) is 0. The lowest BCUT2D eigenvalue weighted by Crippen LogP contribution is -2.00. The summed E-state index contributed by atoms with van der Waals surface area (Å²) < 4.78 is 33.2. The maximum atomic E-state index is 15.1. The number of fused-ring (bicyclic) bond motifs is 7. The lowest BCUT2D eigenvalue weighted by Gasteiger charge is -2.12. The van der Waals surface area contributed by atoms with E-state index in [0.717, 1.165) is 50.2 Å². The molecule has 0 atom stereocenters. The van der Waals surface area contributed by atoms with Gasteiger partial charge in [0.05, 0.1) is 50.6 Å². The minimum atomic E-state index is -0.534. The lowest BCUT2D eigenvalue weighted by molar-refractivity contribution is 0.595. The highest BCUT2D eigenvalue weighted by Crippen LogP contribution is 2.42. The number of nitriles is 2. The SMILES string of the molecule is N#Cc1ccc(-n2c3ccccc3c3ccc4c(c5ccccc5n4-c4cc(F)ccc4F)c32)c(C#N)c1. The molecule has 7 rings (SSSR count). The molecule has 0 bridgehead atoms. The Morgan fingerprint density at radius 2 is 1.32 bits per heavy atom. The van der Waals surface area contributed by atoms with Crippen LogP contribution < -0.4 is 0 Å². The Hall–Kier alpha value is -5.46. The van der Waals surface area contributed by atoms with Crippen LogP contribution in [-0.4, -0.2) is 9.13 Å². The fourth-order valence-electron chi connectivity index (χ4n) is 5.57. The number of halogens is 2. The van der Waals surface area contributed by atoms with Crippen molar-refractivity contribution >= 4 is 43.6 Å². The second-order valence-corrected chi connectivity index (χ2v) is 9.11. The molecule has 0 saturated heterocycles. The Bertz CT molecular complexity index is 2190. The Kier molecular flexibility index (Phi) is 4.60. The third-order valence-electron chi connectivity index (χ3n) is 7.11. The average Bonchev–Trinajstić information content (AvgIpc) is 3.47. The zero-order valence-corrected chi connectivity index (χ0v) is 19.8. The molecule has 0 aliphatic rings. The second kappa shape index (κ2) is 8.03. The number of hydrogen-bond acceptors (Lipinski definition) is 2. The van der Waals surface area contributed by atoms with Crippen LogP contribution in [0.1, 0.15) is 11.1 Å². The first-order valence-corrected chi connectivity index (χ1v) is 12.0. The number of para-hydroxylation sites is 2. The monoisotopic (exact) mass is 494 g/mol. The van der Waals surface area contributed by atoms with Crippen molar-refractivity contribution < 1.29 is 8.78 Å². The van der Waals surface area contributed by atoms with Crippen molar-refractivity contribution in [1.82, 2.24) is 9.13 Å². The Morgan fingerprint density at radius 1 is 0.579 bits per heavy atom. The maximum Gasteiger partial charge on any atom is 0.147 e. The standard InChI is InChI=1S/C32H16F2N4/c33-21-10-12-25(34)30(16-21)37-28-8-4-2-6-24(28)31-29(37)14-11-23-22-5-1-3-7-27(22)38(32(23)31)26-13-9-19(17-35)15-20(26)18-36/h1-16H. The highest BCUT2D eigenvalue weighted by atomic mass is 19.1. The van der Waals surface area contributed by atoms with Crippen LogP contribution in [0, 0.1) is 34.3 Å². The molecule has 0 fully saturated rings. The van der Waals surface area contributed by atoms with Crippen molar-refractivity contribution in [3.05, 3.63) is 120 Å².